The van der Waals surface area contributed by atoms with Crippen molar-refractivity contribution in [1.29, 1.82) is 0 Å². The summed E-state index contributed by atoms with van der Waals surface area (Å²) in [7, 11) is 0. The van der Waals surface area contributed by atoms with Crippen molar-refractivity contribution in [1.82, 2.24) is 9.55 Å². The molecular weight excluding hydrogens is 337 g/mol. The van der Waals surface area contributed by atoms with E-state index in [1.165, 1.54) is 29.0 Å². The number of hydrogen-bond acceptors (Lipinski definition) is 2. The zero-order valence-corrected chi connectivity index (χ0v) is 15.5. The number of halogens is 1. The van der Waals surface area contributed by atoms with E-state index in [1.54, 1.807) is 12.1 Å². The van der Waals surface area contributed by atoms with Crippen molar-refractivity contribution < 1.29 is 4.39 Å². The lowest BCUT2D eigenvalue weighted by Gasteiger charge is -2.13. The van der Waals surface area contributed by atoms with Gasteiger partial charge in [0.25, 0.3) is 0 Å². The predicted octanol–water partition coefficient (Wildman–Crippen LogP) is 5.45. The van der Waals surface area contributed by atoms with Crippen molar-refractivity contribution in [3.8, 4) is 0 Å². The molecule has 0 saturated carbocycles. The number of anilines is 1. The van der Waals surface area contributed by atoms with Gasteiger partial charge in [0.15, 0.2) is 0 Å². The summed E-state index contributed by atoms with van der Waals surface area (Å²) in [5, 5.41) is 3.51. The first-order valence-corrected chi connectivity index (χ1v) is 9.10. The Labute approximate surface area is 158 Å². The fraction of sp³-hybridized carbons (Fsp3) is 0.174. The zero-order chi connectivity index (χ0) is 18.8. The highest BCUT2D eigenvalue weighted by molar-refractivity contribution is 5.92. The Morgan fingerprint density at radius 3 is 2.41 bits per heavy atom. The number of aryl methyl sites for hydroxylation is 1. The number of rotatable bonds is 5. The molecule has 2 aromatic heterocycles. The Balaban J connectivity index is 1.72. The quantitative estimate of drug-likeness (QED) is 0.513. The first-order chi connectivity index (χ1) is 13.1. The van der Waals surface area contributed by atoms with E-state index in [-0.39, 0.29) is 5.82 Å². The van der Waals surface area contributed by atoms with Crippen LogP contribution in [0, 0.1) is 19.7 Å². The molecule has 0 aliphatic rings. The summed E-state index contributed by atoms with van der Waals surface area (Å²) in [5.74, 6) is -0.215. The number of fused-ring (bicyclic) bond motifs is 1. The van der Waals surface area contributed by atoms with Gasteiger partial charge in [-0.3, -0.25) is 4.98 Å². The number of pyridine rings is 1. The largest absolute Gasteiger partial charge is 0.379 e. The number of hydrogen-bond donors (Lipinski definition) is 1. The first-order valence-electron chi connectivity index (χ1n) is 9.10. The molecule has 4 aromatic rings. The highest BCUT2D eigenvalue weighted by Crippen LogP contribution is 2.30. The molecule has 27 heavy (non-hydrogen) atoms. The molecular formula is C23H22FN3. The van der Waals surface area contributed by atoms with E-state index in [9.17, 15) is 4.39 Å². The molecule has 2 aromatic carbocycles. The molecule has 0 radical (unpaired) electrons. The van der Waals surface area contributed by atoms with Gasteiger partial charge in [0.05, 0.1) is 16.7 Å². The molecule has 4 rings (SSSR count). The van der Waals surface area contributed by atoms with Crippen molar-refractivity contribution in [2.45, 2.75) is 26.9 Å². The molecule has 4 heteroatoms. The summed E-state index contributed by atoms with van der Waals surface area (Å²) in [6.07, 6.45) is 1.84. The van der Waals surface area contributed by atoms with E-state index in [4.69, 9.17) is 0 Å². The minimum atomic E-state index is -0.215. The Bertz CT molecular complexity index is 1070. The Kier molecular flexibility index (Phi) is 4.63. The smallest absolute Gasteiger partial charge is 0.123 e. The van der Waals surface area contributed by atoms with Crippen LogP contribution in [0.5, 0.6) is 0 Å². The van der Waals surface area contributed by atoms with Crippen molar-refractivity contribution in [2.24, 2.45) is 0 Å². The Hall–Kier alpha value is -3.14. The fourth-order valence-electron chi connectivity index (χ4n) is 3.45. The molecule has 0 fully saturated rings. The maximum Gasteiger partial charge on any atom is 0.123 e. The van der Waals surface area contributed by atoms with E-state index in [0.29, 0.717) is 6.54 Å². The van der Waals surface area contributed by atoms with Crippen LogP contribution in [0.2, 0.25) is 0 Å². The van der Waals surface area contributed by atoms with Crippen LogP contribution in [0.1, 0.15) is 22.4 Å². The second-order valence-electron chi connectivity index (χ2n) is 6.82. The maximum absolute atomic E-state index is 13.1. The zero-order valence-electron chi connectivity index (χ0n) is 15.5. The van der Waals surface area contributed by atoms with E-state index >= 15 is 0 Å². The van der Waals surface area contributed by atoms with Crippen LogP contribution in [-0.2, 0) is 13.1 Å². The third-order valence-electron chi connectivity index (χ3n) is 5.08. The molecule has 0 atom stereocenters. The van der Waals surface area contributed by atoms with Crippen molar-refractivity contribution in [3.05, 3.63) is 95.1 Å². The van der Waals surface area contributed by atoms with Crippen molar-refractivity contribution in [3.63, 3.8) is 0 Å². The van der Waals surface area contributed by atoms with Gasteiger partial charge in [0, 0.05) is 25.0 Å². The summed E-state index contributed by atoms with van der Waals surface area (Å²) >= 11 is 0. The highest BCUT2D eigenvalue weighted by atomic mass is 19.1. The van der Waals surface area contributed by atoms with Gasteiger partial charge in [-0.1, -0.05) is 42.5 Å². The van der Waals surface area contributed by atoms with Gasteiger partial charge < -0.3 is 9.88 Å². The topological polar surface area (TPSA) is 29.9 Å². The highest BCUT2D eigenvalue weighted by Gasteiger charge is 2.15. The lowest BCUT2D eigenvalue weighted by atomic mass is 10.2. The minimum Gasteiger partial charge on any atom is -0.379 e. The number of nitrogens with zero attached hydrogens (tertiary/aromatic N) is 2. The van der Waals surface area contributed by atoms with Crippen molar-refractivity contribution >= 4 is 16.7 Å². The second kappa shape index (κ2) is 7.23. The minimum absolute atomic E-state index is 0.215. The SMILES string of the molecule is Cc1c(C)n(Cc2ccccc2)c2c(NCc3ccc(F)cc3)ccnc12. The maximum atomic E-state index is 13.1. The molecule has 0 aliphatic carbocycles. The summed E-state index contributed by atoms with van der Waals surface area (Å²) in [6, 6.07) is 19.0. The Morgan fingerprint density at radius 2 is 1.67 bits per heavy atom. The molecule has 0 saturated heterocycles. The van der Waals surface area contributed by atoms with E-state index in [1.807, 2.05) is 18.3 Å². The molecule has 3 nitrogen and oxygen atoms in total. The summed E-state index contributed by atoms with van der Waals surface area (Å²) in [5.41, 5.74) is 7.88. The van der Waals surface area contributed by atoms with Crippen LogP contribution >= 0.6 is 0 Å². The second-order valence-corrected chi connectivity index (χ2v) is 6.82. The number of nitrogens with one attached hydrogen (secondary N) is 1. The number of aromatic nitrogens is 2. The molecule has 1 N–H and O–H groups in total. The molecule has 0 bridgehead atoms. The van der Waals surface area contributed by atoms with Crippen LogP contribution in [0.3, 0.4) is 0 Å². The van der Waals surface area contributed by atoms with Crippen LogP contribution in [-0.4, -0.2) is 9.55 Å². The lowest BCUT2D eigenvalue weighted by molar-refractivity contribution is 0.627. The monoisotopic (exact) mass is 359 g/mol. The summed E-state index contributed by atoms with van der Waals surface area (Å²) < 4.78 is 15.5. The van der Waals surface area contributed by atoms with Gasteiger partial charge in [-0.2, -0.15) is 0 Å². The third kappa shape index (κ3) is 3.43. The van der Waals surface area contributed by atoms with E-state index in [0.717, 1.165) is 28.8 Å². The standard InChI is InChI=1S/C23H22FN3/c1-16-17(2)27(15-19-6-4-3-5-7-19)23-21(12-13-25-22(16)23)26-14-18-8-10-20(24)11-9-18/h3-13H,14-15H2,1-2H3,(H,25,26). The normalized spacial score (nSPS) is 11.1. The molecule has 2 heterocycles. The van der Waals surface area contributed by atoms with Gasteiger partial charge in [-0.05, 0) is 48.7 Å². The first kappa shape index (κ1) is 17.3. The average Bonchev–Trinajstić information content (AvgIpc) is 2.94. The van der Waals surface area contributed by atoms with Gasteiger partial charge >= 0.3 is 0 Å². The molecule has 0 spiro atoms. The molecule has 0 unspecified atom stereocenters. The van der Waals surface area contributed by atoms with Crippen LogP contribution < -0.4 is 5.32 Å². The van der Waals surface area contributed by atoms with Crippen molar-refractivity contribution in [2.75, 3.05) is 5.32 Å². The van der Waals surface area contributed by atoms with Gasteiger partial charge in [-0.15, -0.1) is 0 Å². The van der Waals surface area contributed by atoms with Gasteiger partial charge in [0.2, 0.25) is 0 Å². The van der Waals surface area contributed by atoms with E-state index < -0.39 is 0 Å². The third-order valence-corrected chi connectivity index (χ3v) is 5.08. The van der Waals surface area contributed by atoms with Crippen LogP contribution in [0.4, 0.5) is 10.1 Å². The summed E-state index contributed by atoms with van der Waals surface area (Å²) in [6.45, 7) is 5.70. The average molecular weight is 359 g/mol. The lowest BCUT2D eigenvalue weighted by Crippen LogP contribution is -2.06. The predicted molar refractivity (Wildman–Crippen MR) is 108 cm³/mol. The van der Waals surface area contributed by atoms with Gasteiger partial charge in [-0.25, -0.2) is 4.39 Å². The van der Waals surface area contributed by atoms with E-state index in [2.05, 4.69) is 53.0 Å². The fourth-order valence-corrected chi connectivity index (χ4v) is 3.45. The summed E-state index contributed by atoms with van der Waals surface area (Å²) in [4.78, 5) is 4.62. The number of benzene rings is 2. The van der Waals surface area contributed by atoms with Crippen LogP contribution in [0.25, 0.3) is 11.0 Å². The molecule has 0 amide bonds. The Morgan fingerprint density at radius 1 is 0.926 bits per heavy atom. The van der Waals surface area contributed by atoms with Crippen LogP contribution in [0.15, 0.2) is 66.9 Å². The molecule has 136 valence electrons. The van der Waals surface area contributed by atoms with Gasteiger partial charge in [0.1, 0.15) is 5.82 Å². The molecule has 0 aliphatic heterocycles.